The lowest BCUT2D eigenvalue weighted by Crippen LogP contribution is -2.58. The molecule has 3 N–H and O–H groups in total. The van der Waals surface area contributed by atoms with E-state index >= 15 is 4.39 Å². The Morgan fingerprint density at radius 1 is 1.26 bits per heavy atom. The van der Waals surface area contributed by atoms with Gasteiger partial charge in [-0.15, -0.1) is 0 Å². The zero-order valence-electron chi connectivity index (χ0n) is 20.6. The Balaban J connectivity index is 1.57. The van der Waals surface area contributed by atoms with Crippen LogP contribution in [0.4, 0.5) is 27.8 Å². The predicted molar refractivity (Wildman–Crippen MR) is 130 cm³/mol. The first kappa shape index (κ1) is 27.7. The Morgan fingerprint density at radius 3 is 2.61 bits per heavy atom. The third kappa shape index (κ3) is 4.56. The number of amides is 1. The largest absolute Gasteiger partial charge is 0.485 e. The quantitative estimate of drug-likeness (QED) is 0.496. The van der Waals surface area contributed by atoms with Gasteiger partial charge in [0.15, 0.2) is 6.61 Å². The number of anilines is 1. The highest BCUT2D eigenvalue weighted by Crippen LogP contribution is 2.47. The van der Waals surface area contributed by atoms with Gasteiger partial charge in [0.05, 0.1) is 21.2 Å². The lowest BCUT2D eigenvalue weighted by Gasteiger charge is -2.44. The van der Waals surface area contributed by atoms with Crippen molar-refractivity contribution in [1.82, 2.24) is 9.97 Å². The number of nitrogens with zero attached hydrogens (tertiary/aromatic N) is 4. The summed E-state index contributed by atoms with van der Waals surface area (Å²) >= 11 is 0. The van der Waals surface area contributed by atoms with Gasteiger partial charge in [-0.1, -0.05) is 0 Å². The van der Waals surface area contributed by atoms with E-state index in [1.165, 1.54) is 6.07 Å². The number of hydrogen-bond acceptors (Lipinski definition) is 8. The summed E-state index contributed by atoms with van der Waals surface area (Å²) in [4.78, 5) is 25.2. The van der Waals surface area contributed by atoms with Crippen LogP contribution in [-0.4, -0.2) is 61.4 Å². The number of halogens is 5. The lowest BCUT2D eigenvalue weighted by molar-refractivity contribution is -0.148. The number of fused-ring (bicyclic) bond motifs is 1. The van der Waals surface area contributed by atoms with Crippen LogP contribution in [0.5, 0.6) is 5.75 Å². The van der Waals surface area contributed by atoms with Crippen molar-refractivity contribution in [2.24, 2.45) is 15.1 Å². The molecule has 206 valence electrons. The highest BCUT2D eigenvalue weighted by atomic mass is 32.2. The molecule has 15 heteroatoms. The number of aliphatic imine (C=N–C) groups is 1. The van der Waals surface area contributed by atoms with Crippen LogP contribution >= 0.6 is 0 Å². The molecule has 0 saturated heterocycles. The molecular weight excluding hydrogens is 535 g/mol. The van der Waals surface area contributed by atoms with Gasteiger partial charge in [0.1, 0.15) is 44.9 Å². The van der Waals surface area contributed by atoms with Crippen LogP contribution in [0.15, 0.2) is 39.8 Å². The van der Waals surface area contributed by atoms with E-state index in [1.807, 2.05) is 0 Å². The number of rotatable bonds is 7. The van der Waals surface area contributed by atoms with E-state index < -0.39 is 55.9 Å². The van der Waals surface area contributed by atoms with E-state index in [0.29, 0.717) is 13.0 Å². The van der Waals surface area contributed by atoms with Crippen LogP contribution in [0, 0.1) is 5.82 Å². The van der Waals surface area contributed by atoms with Crippen LogP contribution < -0.4 is 15.8 Å². The van der Waals surface area contributed by atoms with Crippen LogP contribution in [0.25, 0.3) is 0 Å². The molecule has 0 aromatic carbocycles. The first-order valence-electron chi connectivity index (χ1n) is 11.4. The van der Waals surface area contributed by atoms with Crippen molar-refractivity contribution in [3.05, 3.63) is 47.7 Å². The molecule has 0 aliphatic carbocycles. The predicted octanol–water partition coefficient (Wildman–Crippen LogP) is 3.75. The van der Waals surface area contributed by atoms with Gasteiger partial charge in [0.2, 0.25) is 0 Å². The molecule has 0 spiro atoms. The highest BCUT2D eigenvalue weighted by molar-refractivity contribution is 7.96. The summed E-state index contributed by atoms with van der Waals surface area (Å²) in [6.07, 6.45) is -2.59. The molecule has 4 heterocycles. The molecule has 2 aromatic rings. The smallest absolute Gasteiger partial charge is 0.340 e. The standard InChI is InChI=1S/C23H25F5N6O3S/c1-21(2)20(29)34-22(3,15-8-9-31-38(15,21)36)17-13(24)5-7-16(32-17)33-18(35)14-6-4-12(10-30-14)37-11-23(27,28)19(25)26/h4-7,10,15,19H,8-9,11H2,1-3H3,(H2,29,34)(H,32,33,35)/t15-,22-,38-/m0/s1. The van der Waals surface area contributed by atoms with Gasteiger partial charge in [-0.25, -0.2) is 31.7 Å². The molecule has 2 aliphatic heterocycles. The molecule has 9 nitrogen and oxygen atoms in total. The van der Waals surface area contributed by atoms with Crippen molar-refractivity contribution >= 4 is 27.3 Å². The molecule has 2 aliphatic rings. The highest BCUT2D eigenvalue weighted by Gasteiger charge is 2.57. The number of pyridine rings is 2. The van der Waals surface area contributed by atoms with Crippen LogP contribution in [0.1, 0.15) is 43.4 Å². The topological polar surface area (TPSA) is 132 Å². The molecule has 0 radical (unpaired) electrons. The van der Waals surface area contributed by atoms with E-state index in [2.05, 4.69) is 29.4 Å². The van der Waals surface area contributed by atoms with E-state index in [1.54, 1.807) is 20.8 Å². The molecule has 0 fully saturated rings. The molecule has 0 unspecified atom stereocenters. The second-order valence-corrected chi connectivity index (χ2v) is 12.5. The second kappa shape index (κ2) is 9.43. The number of ether oxygens (including phenoxy) is 1. The maximum atomic E-state index is 15.1. The minimum Gasteiger partial charge on any atom is -0.485 e. The van der Waals surface area contributed by atoms with Crippen molar-refractivity contribution in [3.63, 3.8) is 0 Å². The fourth-order valence-electron chi connectivity index (χ4n) is 4.37. The minimum atomic E-state index is -4.35. The number of nitrogens with one attached hydrogen (secondary N) is 1. The van der Waals surface area contributed by atoms with Gasteiger partial charge in [0.25, 0.3) is 5.91 Å². The number of amidine groups is 1. The zero-order valence-corrected chi connectivity index (χ0v) is 21.4. The fourth-order valence-corrected chi connectivity index (χ4v) is 7.51. The summed E-state index contributed by atoms with van der Waals surface area (Å²) in [6.45, 7) is 3.68. The molecule has 1 amide bonds. The molecule has 2 aromatic heterocycles. The van der Waals surface area contributed by atoms with Gasteiger partial charge >= 0.3 is 12.3 Å². The number of nitrogens with two attached hydrogens (primary N) is 1. The Hall–Kier alpha value is -3.36. The fraction of sp³-hybridized carbons (Fsp3) is 0.478. The number of carbonyl (C=O) groups excluding carboxylic acids is 1. The van der Waals surface area contributed by atoms with Crippen molar-refractivity contribution in [2.75, 3.05) is 18.5 Å². The van der Waals surface area contributed by atoms with Gasteiger partial charge in [-0.3, -0.25) is 9.79 Å². The SMILES string of the molecule is CC1(C)C(N)=N[C@](C)(c2nc(NC(=O)c3ccc(OCC(F)(F)C(F)F)cn3)ccc2F)[C@@H]2CCN=[S@]21=O. The first-order valence-corrected chi connectivity index (χ1v) is 13.0. The summed E-state index contributed by atoms with van der Waals surface area (Å²) in [6, 6.07) is 4.52. The monoisotopic (exact) mass is 560 g/mol. The Bertz CT molecular complexity index is 1410. The molecule has 3 atom stereocenters. The summed E-state index contributed by atoms with van der Waals surface area (Å²) < 4.78 is 87.5. The van der Waals surface area contributed by atoms with Crippen LogP contribution in [-0.2, 0) is 15.3 Å². The number of aromatic nitrogens is 2. The molecule has 0 saturated carbocycles. The van der Waals surface area contributed by atoms with E-state index in [9.17, 15) is 26.6 Å². The van der Waals surface area contributed by atoms with Crippen LogP contribution in [0.3, 0.4) is 0 Å². The van der Waals surface area contributed by atoms with Crippen molar-refractivity contribution in [2.45, 2.75) is 55.1 Å². The lowest BCUT2D eigenvalue weighted by atomic mass is 9.89. The summed E-state index contributed by atoms with van der Waals surface area (Å²) in [5, 5.41) is 1.79. The van der Waals surface area contributed by atoms with Gasteiger partial charge in [-0.05, 0) is 51.5 Å². The second-order valence-electron chi connectivity index (χ2n) is 9.56. The maximum absolute atomic E-state index is 15.1. The third-order valence-electron chi connectivity index (χ3n) is 6.67. The van der Waals surface area contributed by atoms with E-state index in [4.69, 9.17) is 5.73 Å². The maximum Gasteiger partial charge on any atom is 0.340 e. The number of alkyl halides is 4. The minimum absolute atomic E-state index is 0.0559. The van der Waals surface area contributed by atoms with Crippen molar-refractivity contribution < 1.29 is 35.7 Å². The summed E-state index contributed by atoms with van der Waals surface area (Å²) in [7, 11) is -2.93. The van der Waals surface area contributed by atoms with E-state index in [-0.39, 0.29) is 28.8 Å². The number of hydrogen-bond donors (Lipinski definition) is 2. The van der Waals surface area contributed by atoms with Crippen molar-refractivity contribution in [1.29, 1.82) is 0 Å². The summed E-state index contributed by atoms with van der Waals surface area (Å²) in [5.74, 6) is -6.13. The zero-order chi connectivity index (χ0) is 28.1. The average molecular weight is 561 g/mol. The van der Waals surface area contributed by atoms with Crippen molar-refractivity contribution in [3.8, 4) is 5.75 Å². The van der Waals surface area contributed by atoms with Crippen LogP contribution in [0.2, 0.25) is 0 Å². The molecular formula is C23H25F5N6O3S. The normalized spacial score (nSPS) is 26.3. The number of carbonyl (C=O) groups is 1. The Morgan fingerprint density at radius 2 is 1.97 bits per heavy atom. The average Bonchev–Trinajstić information content (AvgIpc) is 3.28. The van der Waals surface area contributed by atoms with Gasteiger partial charge < -0.3 is 15.8 Å². The van der Waals surface area contributed by atoms with E-state index in [0.717, 1.165) is 24.4 Å². The Kier molecular flexibility index (Phi) is 6.87. The summed E-state index contributed by atoms with van der Waals surface area (Å²) in [5.41, 5.74) is 4.41. The molecule has 38 heavy (non-hydrogen) atoms. The van der Waals surface area contributed by atoms with Gasteiger partial charge in [0, 0.05) is 6.54 Å². The molecule has 0 bridgehead atoms. The first-order chi connectivity index (χ1) is 17.6. The van der Waals surface area contributed by atoms with Gasteiger partial charge in [-0.2, -0.15) is 8.78 Å². The Labute approximate surface area is 215 Å². The third-order valence-corrected chi connectivity index (χ3v) is 10.4. The molecule has 4 rings (SSSR count).